The summed E-state index contributed by atoms with van der Waals surface area (Å²) in [4.78, 5) is 27.6. The lowest BCUT2D eigenvalue weighted by atomic mass is 9.83. The summed E-state index contributed by atoms with van der Waals surface area (Å²) in [7, 11) is 0. The number of carbonyl (C=O) groups excluding carboxylic acids is 2. The van der Waals surface area contributed by atoms with Gasteiger partial charge in [-0.15, -0.1) is 0 Å². The molecule has 2 aliphatic heterocycles. The van der Waals surface area contributed by atoms with E-state index < -0.39 is 5.60 Å². The molecular formula is C18H23NO3. The van der Waals surface area contributed by atoms with E-state index in [1.54, 1.807) is 0 Å². The summed E-state index contributed by atoms with van der Waals surface area (Å²) in [5.41, 5.74) is 0.155. The van der Waals surface area contributed by atoms with Crippen LogP contribution < -0.4 is 0 Å². The topological polar surface area (TPSA) is 46.6 Å². The fourth-order valence-corrected chi connectivity index (χ4v) is 3.64. The van der Waals surface area contributed by atoms with Crippen LogP contribution >= 0.6 is 0 Å². The van der Waals surface area contributed by atoms with Crippen LogP contribution in [0.2, 0.25) is 0 Å². The molecule has 4 heteroatoms. The lowest BCUT2D eigenvalue weighted by Gasteiger charge is -2.32. The molecule has 0 N–H and O–H groups in total. The molecule has 0 amide bonds. The van der Waals surface area contributed by atoms with Crippen LogP contribution in [0.25, 0.3) is 0 Å². The Morgan fingerprint density at radius 1 is 1.18 bits per heavy atom. The van der Waals surface area contributed by atoms with Crippen molar-refractivity contribution in [2.24, 2.45) is 11.8 Å². The summed E-state index contributed by atoms with van der Waals surface area (Å²) >= 11 is 0. The molecule has 2 bridgehead atoms. The SMILES string of the molecule is CC(C)(C)OC(=O)[C@@H]1C(C(=O)c2ccccc2)N2CC[C@H]1C2. The van der Waals surface area contributed by atoms with E-state index in [1.165, 1.54) is 0 Å². The van der Waals surface area contributed by atoms with Gasteiger partial charge in [-0.2, -0.15) is 0 Å². The van der Waals surface area contributed by atoms with E-state index in [0.29, 0.717) is 5.56 Å². The van der Waals surface area contributed by atoms with Gasteiger partial charge in [0, 0.05) is 12.1 Å². The van der Waals surface area contributed by atoms with Gasteiger partial charge in [-0.05, 0) is 39.7 Å². The van der Waals surface area contributed by atoms with Gasteiger partial charge in [0.1, 0.15) is 5.60 Å². The predicted molar refractivity (Wildman–Crippen MR) is 83.6 cm³/mol. The molecule has 4 nitrogen and oxygen atoms in total. The lowest BCUT2D eigenvalue weighted by Crippen LogP contribution is -2.47. The molecule has 22 heavy (non-hydrogen) atoms. The number of piperidine rings is 1. The number of benzene rings is 1. The third-order valence-corrected chi connectivity index (χ3v) is 4.50. The van der Waals surface area contributed by atoms with Crippen molar-refractivity contribution >= 4 is 11.8 Å². The van der Waals surface area contributed by atoms with E-state index in [9.17, 15) is 9.59 Å². The van der Waals surface area contributed by atoms with E-state index in [0.717, 1.165) is 19.5 Å². The zero-order chi connectivity index (χ0) is 15.9. The van der Waals surface area contributed by atoms with Crippen LogP contribution in [0.4, 0.5) is 0 Å². The number of hydrogen-bond acceptors (Lipinski definition) is 4. The van der Waals surface area contributed by atoms with Gasteiger partial charge in [0.2, 0.25) is 0 Å². The first-order chi connectivity index (χ1) is 10.4. The average Bonchev–Trinajstić information content (AvgIpc) is 3.06. The molecular weight excluding hydrogens is 278 g/mol. The monoisotopic (exact) mass is 301 g/mol. The van der Waals surface area contributed by atoms with E-state index >= 15 is 0 Å². The Balaban J connectivity index is 1.85. The summed E-state index contributed by atoms with van der Waals surface area (Å²) in [6.45, 7) is 7.33. The number of nitrogens with zero attached hydrogens (tertiary/aromatic N) is 1. The third-order valence-electron chi connectivity index (χ3n) is 4.50. The fraction of sp³-hybridized carbons (Fsp3) is 0.556. The van der Waals surface area contributed by atoms with Crippen LogP contribution in [-0.2, 0) is 9.53 Å². The standard InChI is InChI=1S/C18H23NO3/c1-18(2,3)22-17(21)14-13-9-10-19(11-13)15(14)16(20)12-7-5-4-6-8-12/h4-8,13-15H,9-11H2,1-3H3/t13-,14-,15?/m0/s1. The van der Waals surface area contributed by atoms with Crippen molar-refractivity contribution in [1.82, 2.24) is 4.90 Å². The maximum Gasteiger partial charge on any atom is 0.311 e. The molecule has 2 saturated heterocycles. The molecule has 1 aromatic carbocycles. The van der Waals surface area contributed by atoms with Gasteiger partial charge in [-0.1, -0.05) is 30.3 Å². The van der Waals surface area contributed by atoms with Crippen molar-refractivity contribution < 1.29 is 14.3 Å². The number of carbonyl (C=O) groups is 2. The summed E-state index contributed by atoms with van der Waals surface area (Å²) < 4.78 is 5.57. The van der Waals surface area contributed by atoms with Crippen molar-refractivity contribution in [3.8, 4) is 0 Å². The molecule has 118 valence electrons. The zero-order valence-corrected chi connectivity index (χ0v) is 13.4. The Bertz CT molecular complexity index is 576. The number of ketones is 1. The fourth-order valence-electron chi connectivity index (χ4n) is 3.64. The van der Waals surface area contributed by atoms with E-state index in [1.807, 2.05) is 51.1 Å². The number of hydrogen-bond donors (Lipinski definition) is 0. The highest BCUT2D eigenvalue weighted by molar-refractivity contribution is 6.03. The van der Waals surface area contributed by atoms with Gasteiger partial charge in [-0.3, -0.25) is 14.5 Å². The van der Waals surface area contributed by atoms with E-state index in [2.05, 4.69) is 4.90 Å². The van der Waals surface area contributed by atoms with Crippen LogP contribution in [0.1, 0.15) is 37.6 Å². The van der Waals surface area contributed by atoms with Crippen molar-refractivity contribution in [3.63, 3.8) is 0 Å². The number of rotatable bonds is 3. The average molecular weight is 301 g/mol. The van der Waals surface area contributed by atoms with Crippen molar-refractivity contribution in [3.05, 3.63) is 35.9 Å². The van der Waals surface area contributed by atoms with Crippen LogP contribution in [-0.4, -0.2) is 41.4 Å². The Kier molecular flexibility index (Phi) is 3.81. The Morgan fingerprint density at radius 3 is 2.50 bits per heavy atom. The normalized spacial score (nSPS) is 30.3. The minimum absolute atomic E-state index is 0.0404. The smallest absolute Gasteiger partial charge is 0.311 e. The molecule has 2 unspecified atom stereocenters. The Labute approximate surface area is 131 Å². The molecule has 2 aliphatic rings. The number of esters is 1. The minimum Gasteiger partial charge on any atom is -0.460 e. The largest absolute Gasteiger partial charge is 0.460 e. The number of fused-ring (bicyclic) bond motifs is 2. The van der Waals surface area contributed by atoms with Gasteiger partial charge in [0.25, 0.3) is 0 Å². The third kappa shape index (κ3) is 2.80. The number of ether oxygens (including phenoxy) is 1. The molecule has 2 heterocycles. The first-order valence-corrected chi connectivity index (χ1v) is 7.93. The lowest BCUT2D eigenvalue weighted by molar-refractivity contribution is -0.162. The van der Waals surface area contributed by atoms with Gasteiger partial charge in [0.05, 0.1) is 12.0 Å². The summed E-state index contributed by atoms with van der Waals surface area (Å²) in [5, 5.41) is 0. The maximum atomic E-state index is 12.9. The van der Waals surface area contributed by atoms with Crippen LogP contribution in [0.15, 0.2) is 30.3 Å². The van der Waals surface area contributed by atoms with Crippen LogP contribution in [0.3, 0.4) is 0 Å². The van der Waals surface area contributed by atoms with Gasteiger partial charge < -0.3 is 4.74 Å². The van der Waals surface area contributed by atoms with Gasteiger partial charge >= 0.3 is 5.97 Å². The van der Waals surface area contributed by atoms with Crippen molar-refractivity contribution in [2.75, 3.05) is 13.1 Å². The molecule has 2 fully saturated rings. The van der Waals surface area contributed by atoms with E-state index in [-0.39, 0.29) is 29.6 Å². The molecule has 0 spiro atoms. The molecule has 0 radical (unpaired) electrons. The first kappa shape index (κ1) is 15.2. The second-order valence-electron chi connectivity index (χ2n) is 7.28. The first-order valence-electron chi connectivity index (χ1n) is 7.93. The molecule has 0 saturated carbocycles. The maximum absolute atomic E-state index is 12.9. The summed E-state index contributed by atoms with van der Waals surface area (Å²) in [6.07, 6.45) is 0.975. The second kappa shape index (κ2) is 5.51. The quantitative estimate of drug-likeness (QED) is 0.636. The predicted octanol–water partition coefficient (Wildman–Crippen LogP) is 2.53. The molecule has 0 aliphatic carbocycles. The number of Topliss-reactive ketones (excluding diaryl/α,β-unsaturated/α-hetero) is 1. The Hall–Kier alpha value is -1.68. The zero-order valence-electron chi connectivity index (χ0n) is 13.4. The Morgan fingerprint density at radius 2 is 1.86 bits per heavy atom. The highest BCUT2D eigenvalue weighted by Crippen LogP contribution is 2.40. The molecule has 0 aromatic heterocycles. The highest BCUT2D eigenvalue weighted by Gasteiger charge is 2.53. The van der Waals surface area contributed by atoms with E-state index in [4.69, 9.17) is 4.74 Å². The summed E-state index contributed by atoms with van der Waals surface area (Å²) in [6, 6.07) is 8.89. The van der Waals surface area contributed by atoms with Gasteiger partial charge in [-0.25, -0.2) is 0 Å². The minimum atomic E-state index is -0.519. The molecule has 4 atom stereocenters. The van der Waals surface area contributed by atoms with Crippen LogP contribution in [0.5, 0.6) is 0 Å². The summed E-state index contributed by atoms with van der Waals surface area (Å²) in [5.74, 6) is -0.277. The van der Waals surface area contributed by atoms with Crippen molar-refractivity contribution in [1.29, 1.82) is 0 Å². The van der Waals surface area contributed by atoms with Crippen molar-refractivity contribution in [2.45, 2.75) is 38.8 Å². The molecule has 3 rings (SSSR count). The highest BCUT2D eigenvalue weighted by atomic mass is 16.6. The molecule has 1 aromatic rings. The van der Waals surface area contributed by atoms with Crippen LogP contribution in [0, 0.1) is 11.8 Å². The second-order valence-corrected chi connectivity index (χ2v) is 7.28. The van der Waals surface area contributed by atoms with Gasteiger partial charge in [0.15, 0.2) is 5.78 Å².